The molecule has 0 aromatic carbocycles. The lowest BCUT2D eigenvalue weighted by atomic mass is 9.75. The molecule has 0 saturated carbocycles. The van der Waals surface area contributed by atoms with E-state index in [0.29, 0.717) is 0 Å². The Labute approximate surface area is 173 Å². The lowest BCUT2D eigenvalue weighted by Crippen LogP contribution is -2.45. The van der Waals surface area contributed by atoms with Gasteiger partial charge in [0.05, 0.1) is 0 Å². The van der Waals surface area contributed by atoms with Crippen molar-refractivity contribution in [1.29, 1.82) is 0 Å². The van der Waals surface area contributed by atoms with E-state index in [9.17, 15) is 0 Å². The van der Waals surface area contributed by atoms with Gasteiger partial charge in [-0.15, -0.1) is 0 Å². The molecule has 6 bridgehead atoms. The molecule has 5 aliphatic heterocycles. The SMILES string of the molecule is C1=C2CN3CCCC/C=C\CC[C@@H]4CN(CCCC/C=C\CC[C@H]1C3)CC[C@@H]24. The van der Waals surface area contributed by atoms with E-state index < -0.39 is 0 Å². The molecule has 5 heterocycles. The first-order valence-electron chi connectivity index (χ1n) is 12.3. The number of fused-ring (bicyclic) bond motifs is 8. The van der Waals surface area contributed by atoms with Crippen molar-refractivity contribution >= 4 is 0 Å². The Morgan fingerprint density at radius 1 is 0.643 bits per heavy atom. The van der Waals surface area contributed by atoms with Gasteiger partial charge in [0.25, 0.3) is 0 Å². The van der Waals surface area contributed by atoms with E-state index in [1.807, 2.05) is 5.57 Å². The number of hydrogen-bond acceptors (Lipinski definition) is 2. The van der Waals surface area contributed by atoms with Crippen LogP contribution in [0.2, 0.25) is 0 Å². The topological polar surface area (TPSA) is 6.48 Å². The van der Waals surface area contributed by atoms with Gasteiger partial charge in [-0.3, -0.25) is 4.90 Å². The summed E-state index contributed by atoms with van der Waals surface area (Å²) in [6.45, 7) is 7.87. The van der Waals surface area contributed by atoms with Gasteiger partial charge >= 0.3 is 0 Å². The van der Waals surface area contributed by atoms with E-state index in [4.69, 9.17) is 0 Å². The standard InChI is InChI=1S/C26H42N2/c1-3-7-11-16-27-18-15-26-24(21-27)14-10-6-2-4-8-12-17-28-20-23(13-9-5-1)19-25(26)22-28/h1-2,5-6,19,23-24,26H,3-4,7-18,20-22H2/b5-1-,6-2-/t23-,24-,26-/m1/s1. The number of nitrogens with zero attached hydrogens (tertiary/aromatic N) is 2. The Morgan fingerprint density at radius 2 is 1.36 bits per heavy atom. The zero-order valence-corrected chi connectivity index (χ0v) is 18.0. The first kappa shape index (κ1) is 20.4. The molecule has 0 radical (unpaired) electrons. The summed E-state index contributed by atoms with van der Waals surface area (Å²) in [4.78, 5) is 5.61. The summed E-state index contributed by atoms with van der Waals surface area (Å²) in [5.41, 5.74) is 1.82. The van der Waals surface area contributed by atoms with Crippen molar-refractivity contribution in [3.05, 3.63) is 36.0 Å². The van der Waals surface area contributed by atoms with Gasteiger partial charge in [-0.1, -0.05) is 36.0 Å². The number of allylic oxidation sites excluding steroid dienone is 4. The van der Waals surface area contributed by atoms with Gasteiger partial charge in [-0.05, 0) is 108 Å². The van der Waals surface area contributed by atoms with Crippen LogP contribution in [-0.4, -0.2) is 49.1 Å². The molecule has 2 unspecified atom stereocenters. The van der Waals surface area contributed by atoms with Crippen LogP contribution in [0.4, 0.5) is 0 Å². The van der Waals surface area contributed by atoms with Gasteiger partial charge in [-0.25, -0.2) is 0 Å². The Morgan fingerprint density at radius 3 is 2.18 bits per heavy atom. The van der Waals surface area contributed by atoms with Crippen molar-refractivity contribution in [3.8, 4) is 0 Å². The first-order chi connectivity index (χ1) is 13.9. The van der Waals surface area contributed by atoms with Gasteiger partial charge in [0.15, 0.2) is 0 Å². The van der Waals surface area contributed by atoms with Gasteiger partial charge < -0.3 is 4.90 Å². The zero-order chi connectivity index (χ0) is 19.0. The normalized spacial score (nSPS) is 40.3. The predicted octanol–water partition coefficient (Wildman–Crippen LogP) is 5.82. The van der Waals surface area contributed by atoms with Gasteiger partial charge in [0.2, 0.25) is 0 Å². The highest BCUT2D eigenvalue weighted by Gasteiger charge is 2.33. The van der Waals surface area contributed by atoms with E-state index in [2.05, 4.69) is 40.2 Å². The van der Waals surface area contributed by atoms with Crippen molar-refractivity contribution in [2.75, 3.05) is 39.3 Å². The predicted molar refractivity (Wildman–Crippen MR) is 121 cm³/mol. The van der Waals surface area contributed by atoms with E-state index in [-0.39, 0.29) is 0 Å². The van der Waals surface area contributed by atoms with Crippen molar-refractivity contribution < 1.29 is 0 Å². The number of rotatable bonds is 0. The second-order valence-corrected chi connectivity index (χ2v) is 9.78. The van der Waals surface area contributed by atoms with Gasteiger partial charge in [0, 0.05) is 19.6 Å². The molecule has 5 rings (SSSR count). The monoisotopic (exact) mass is 382 g/mol. The van der Waals surface area contributed by atoms with E-state index in [1.54, 1.807) is 0 Å². The van der Waals surface area contributed by atoms with Crippen LogP contribution in [0.1, 0.15) is 70.6 Å². The van der Waals surface area contributed by atoms with Crippen LogP contribution in [0.5, 0.6) is 0 Å². The molecule has 1 saturated heterocycles. The summed E-state index contributed by atoms with van der Waals surface area (Å²) >= 11 is 0. The molecule has 0 amide bonds. The summed E-state index contributed by atoms with van der Waals surface area (Å²) in [6.07, 6.45) is 27.4. The maximum absolute atomic E-state index is 2.81. The quantitative estimate of drug-likeness (QED) is 0.487. The van der Waals surface area contributed by atoms with Crippen molar-refractivity contribution in [2.24, 2.45) is 17.8 Å². The molecular formula is C26H42N2. The Balaban J connectivity index is 1.57. The zero-order valence-electron chi connectivity index (χ0n) is 18.0. The third kappa shape index (κ3) is 5.83. The summed E-state index contributed by atoms with van der Waals surface area (Å²) < 4.78 is 0. The molecule has 156 valence electrons. The fourth-order valence-electron chi connectivity index (χ4n) is 6.03. The van der Waals surface area contributed by atoms with Crippen LogP contribution in [-0.2, 0) is 0 Å². The van der Waals surface area contributed by atoms with E-state index >= 15 is 0 Å². The van der Waals surface area contributed by atoms with Crippen molar-refractivity contribution in [2.45, 2.75) is 70.6 Å². The molecule has 5 aliphatic rings. The number of hydrogen-bond donors (Lipinski definition) is 0. The van der Waals surface area contributed by atoms with Crippen molar-refractivity contribution in [3.63, 3.8) is 0 Å². The molecule has 1 fully saturated rings. The molecule has 0 aromatic heterocycles. The molecule has 2 heteroatoms. The van der Waals surface area contributed by atoms with Crippen LogP contribution in [0.15, 0.2) is 36.0 Å². The smallest absolute Gasteiger partial charge is 0.0196 e. The maximum atomic E-state index is 2.81. The summed E-state index contributed by atoms with van der Waals surface area (Å²) in [5.74, 6) is 2.49. The van der Waals surface area contributed by atoms with Crippen LogP contribution in [0, 0.1) is 17.8 Å². The maximum Gasteiger partial charge on any atom is 0.0196 e. The molecule has 28 heavy (non-hydrogen) atoms. The second-order valence-electron chi connectivity index (χ2n) is 9.78. The van der Waals surface area contributed by atoms with Gasteiger partial charge in [0.1, 0.15) is 0 Å². The molecule has 0 aliphatic carbocycles. The average Bonchev–Trinajstić information content (AvgIpc) is 2.71. The summed E-state index contributed by atoms with van der Waals surface area (Å²) in [6, 6.07) is 0. The van der Waals surface area contributed by atoms with E-state index in [0.717, 1.165) is 17.8 Å². The van der Waals surface area contributed by atoms with Crippen molar-refractivity contribution in [1.82, 2.24) is 9.80 Å². The minimum absolute atomic E-state index is 0.778. The fraction of sp³-hybridized carbons (Fsp3) is 0.769. The summed E-state index contributed by atoms with van der Waals surface area (Å²) in [5, 5.41) is 0. The molecule has 0 N–H and O–H groups in total. The summed E-state index contributed by atoms with van der Waals surface area (Å²) in [7, 11) is 0. The van der Waals surface area contributed by atoms with E-state index in [1.165, 1.54) is 110 Å². The Hall–Kier alpha value is -0.860. The molecule has 0 spiro atoms. The minimum Gasteiger partial charge on any atom is -0.303 e. The first-order valence-corrected chi connectivity index (χ1v) is 12.3. The van der Waals surface area contributed by atoms with Crippen LogP contribution in [0.25, 0.3) is 0 Å². The Bertz CT molecular complexity index is 561. The number of piperidine rings is 1. The molecule has 5 atom stereocenters. The third-order valence-corrected chi connectivity index (χ3v) is 7.57. The lowest BCUT2D eigenvalue weighted by Gasteiger charge is -2.43. The second kappa shape index (κ2) is 10.8. The highest BCUT2D eigenvalue weighted by molar-refractivity contribution is 5.17. The molecule has 0 aromatic rings. The Kier molecular flexibility index (Phi) is 7.86. The van der Waals surface area contributed by atoms with Gasteiger partial charge in [-0.2, -0.15) is 0 Å². The minimum atomic E-state index is 0.778. The van der Waals surface area contributed by atoms with Crippen LogP contribution < -0.4 is 0 Å². The lowest BCUT2D eigenvalue weighted by molar-refractivity contribution is 0.118. The van der Waals surface area contributed by atoms with Crippen LogP contribution >= 0.6 is 0 Å². The average molecular weight is 383 g/mol. The largest absolute Gasteiger partial charge is 0.303 e. The highest BCUT2D eigenvalue weighted by Crippen LogP contribution is 2.37. The fourth-order valence-corrected chi connectivity index (χ4v) is 6.03. The third-order valence-electron chi connectivity index (χ3n) is 7.57. The highest BCUT2D eigenvalue weighted by atomic mass is 15.1. The molecular weight excluding hydrogens is 340 g/mol. The van der Waals surface area contributed by atoms with Crippen LogP contribution in [0.3, 0.4) is 0 Å². The molecule has 2 nitrogen and oxygen atoms in total.